The third-order valence-electron chi connectivity index (χ3n) is 3.43. The Bertz CT molecular complexity index is 1110. The minimum Gasteiger partial charge on any atom is -0.267 e. The van der Waals surface area contributed by atoms with Gasteiger partial charge in [0.15, 0.2) is 0 Å². The molecule has 0 bridgehead atoms. The molecule has 4 nitrogen and oxygen atoms in total. The van der Waals surface area contributed by atoms with Gasteiger partial charge >= 0.3 is 0 Å². The average Bonchev–Trinajstić information content (AvgIpc) is 2.87. The van der Waals surface area contributed by atoms with Crippen molar-refractivity contribution in [1.82, 2.24) is 9.03 Å². The number of hydrogen-bond donors (Lipinski definition) is 0. The van der Waals surface area contributed by atoms with Crippen LogP contribution in [-0.4, -0.2) is 9.03 Å². The second-order valence-corrected chi connectivity index (χ2v) is 5.82. The number of halogens is 2. The van der Waals surface area contributed by atoms with E-state index in [4.69, 9.17) is 11.6 Å². The van der Waals surface area contributed by atoms with Gasteiger partial charge in [0.25, 0.3) is 11.1 Å². The van der Waals surface area contributed by atoms with Crippen molar-refractivity contribution in [2.45, 2.75) is 0 Å². The Morgan fingerprint density at radius 3 is 2.50 bits per heavy atom. The Hall–Kier alpha value is -1.85. The molecule has 0 N–H and O–H groups in total. The molecule has 0 fully saturated rings. The molecular weight excluding hydrogens is 344 g/mol. The van der Waals surface area contributed by atoms with Crippen molar-refractivity contribution in [2.24, 2.45) is 0 Å². The van der Waals surface area contributed by atoms with Crippen molar-refractivity contribution in [1.29, 1.82) is 0 Å². The van der Waals surface area contributed by atoms with Crippen LogP contribution in [0.15, 0.2) is 50.5 Å². The zero-order valence-electron chi connectivity index (χ0n) is 9.93. The molecule has 0 atom stereocenters. The number of hydrogen-bond acceptors (Lipinski definition) is 2. The van der Waals surface area contributed by atoms with Crippen LogP contribution in [0.3, 0.4) is 0 Å². The van der Waals surface area contributed by atoms with Gasteiger partial charge in [-0.25, -0.2) is 4.52 Å². The van der Waals surface area contributed by atoms with Crippen molar-refractivity contribution in [3.05, 3.63) is 66.6 Å². The summed E-state index contributed by atoms with van der Waals surface area (Å²) in [5, 5.41) is 1.42. The summed E-state index contributed by atoms with van der Waals surface area (Å²) >= 11 is 9.37. The second kappa shape index (κ2) is 3.84. The summed E-state index contributed by atoms with van der Waals surface area (Å²) < 4.78 is 3.55. The highest BCUT2D eigenvalue weighted by molar-refractivity contribution is 9.10. The molecule has 0 unspecified atom stereocenters. The lowest BCUT2D eigenvalue weighted by Crippen LogP contribution is -2.21. The van der Waals surface area contributed by atoms with E-state index in [1.54, 1.807) is 34.8 Å². The number of fused-ring (bicyclic) bond motifs is 5. The predicted molar refractivity (Wildman–Crippen MR) is 82.3 cm³/mol. The Labute approximate surface area is 125 Å². The lowest BCUT2D eigenvalue weighted by atomic mass is 10.2. The average molecular weight is 350 g/mol. The summed E-state index contributed by atoms with van der Waals surface area (Å²) in [7, 11) is 0. The van der Waals surface area contributed by atoms with Crippen molar-refractivity contribution in [3.8, 4) is 0 Å². The fourth-order valence-electron chi connectivity index (χ4n) is 2.60. The molecular formula is C14H6BrClN2O2. The fourth-order valence-corrected chi connectivity index (χ4v) is 3.30. The maximum atomic E-state index is 12.4. The first kappa shape index (κ1) is 11.9. The van der Waals surface area contributed by atoms with Gasteiger partial charge in [-0.1, -0.05) is 17.7 Å². The Morgan fingerprint density at radius 1 is 0.950 bits per heavy atom. The van der Waals surface area contributed by atoms with Crippen molar-refractivity contribution in [2.75, 3.05) is 0 Å². The molecule has 0 radical (unpaired) electrons. The van der Waals surface area contributed by atoms with Gasteiger partial charge < -0.3 is 0 Å². The SMILES string of the molecule is O=c1c2cc(Cl)ccc2n2c3c(Br)cccc3c(=O)n12. The van der Waals surface area contributed by atoms with E-state index in [9.17, 15) is 9.59 Å². The third kappa shape index (κ3) is 1.31. The zero-order chi connectivity index (χ0) is 14.0. The lowest BCUT2D eigenvalue weighted by Gasteiger charge is -1.97. The second-order valence-electron chi connectivity index (χ2n) is 4.53. The highest BCUT2D eigenvalue weighted by atomic mass is 79.9. The normalized spacial score (nSPS) is 11.9. The maximum absolute atomic E-state index is 12.4. The minimum absolute atomic E-state index is 0.321. The molecule has 0 aliphatic carbocycles. The molecule has 0 spiro atoms. The molecule has 0 amide bonds. The molecule has 98 valence electrons. The molecule has 20 heavy (non-hydrogen) atoms. The number of benzene rings is 2. The summed E-state index contributed by atoms with van der Waals surface area (Å²) in [6.07, 6.45) is 0. The first-order chi connectivity index (χ1) is 9.59. The van der Waals surface area contributed by atoms with Gasteiger partial charge in [0.1, 0.15) is 0 Å². The molecule has 6 heteroatoms. The number of nitrogens with zero attached hydrogens (tertiary/aromatic N) is 2. The standard InChI is InChI=1S/C14H6BrClN2O2/c15-10-3-1-2-8-12(10)17-11-5-4-7(16)6-9(11)14(20)18(17)13(8)19/h1-6H. The van der Waals surface area contributed by atoms with E-state index in [2.05, 4.69) is 15.9 Å². The maximum Gasteiger partial charge on any atom is 0.282 e. The van der Waals surface area contributed by atoms with Gasteiger partial charge in [0, 0.05) is 9.50 Å². The molecule has 0 aliphatic heterocycles. The molecule has 4 rings (SSSR count). The van der Waals surface area contributed by atoms with Crippen LogP contribution in [0.5, 0.6) is 0 Å². The zero-order valence-corrected chi connectivity index (χ0v) is 12.3. The molecule has 0 aliphatic rings. The topological polar surface area (TPSA) is 43.0 Å². The fraction of sp³-hybridized carbons (Fsp3) is 0. The van der Waals surface area contributed by atoms with E-state index in [1.165, 1.54) is 0 Å². The van der Waals surface area contributed by atoms with E-state index in [0.29, 0.717) is 26.8 Å². The summed E-state index contributed by atoms with van der Waals surface area (Å²) in [6, 6.07) is 10.4. The quantitative estimate of drug-likeness (QED) is 0.490. The van der Waals surface area contributed by atoms with Crippen molar-refractivity contribution < 1.29 is 0 Å². The van der Waals surface area contributed by atoms with Gasteiger partial charge in [0.05, 0.1) is 21.8 Å². The van der Waals surface area contributed by atoms with Crippen LogP contribution in [0.1, 0.15) is 0 Å². The van der Waals surface area contributed by atoms with Crippen LogP contribution in [0.4, 0.5) is 0 Å². The first-order valence-corrected chi connectivity index (χ1v) is 7.03. The Morgan fingerprint density at radius 2 is 1.70 bits per heavy atom. The summed E-state index contributed by atoms with van der Waals surface area (Å²) in [4.78, 5) is 24.8. The van der Waals surface area contributed by atoms with Crippen LogP contribution in [0.2, 0.25) is 5.02 Å². The first-order valence-electron chi connectivity index (χ1n) is 5.86. The van der Waals surface area contributed by atoms with Crippen LogP contribution < -0.4 is 11.1 Å². The lowest BCUT2D eigenvalue weighted by molar-refractivity contribution is 0.840. The monoisotopic (exact) mass is 348 g/mol. The van der Waals surface area contributed by atoms with Crippen LogP contribution in [-0.2, 0) is 0 Å². The number of aromatic nitrogens is 2. The predicted octanol–water partition coefficient (Wildman–Crippen LogP) is 2.92. The Kier molecular flexibility index (Phi) is 2.29. The highest BCUT2D eigenvalue weighted by Crippen LogP contribution is 2.25. The molecule has 2 heterocycles. The van der Waals surface area contributed by atoms with Gasteiger partial charge in [-0.2, -0.15) is 4.52 Å². The third-order valence-corrected chi connectivity index (χ3v) is 4.31. The van der Waals surface area contributed by atoms with Gasteiger partial charge in [-0.15, -0.1) is 0 Å². The van der Waals surface area contributed by atoms with E-state index >= 15 is 0 Å². The van der Waals surface area contributed by atoms with E-state index < -0.39 is 0 Å². The van der Waals surface area contributed by atoms with Crippen molar-refractivity contribution >= 4 is 49.3 Å². The minimum atomic E-state index is -0.351. The van der Waals surface area contributed by atoms with Gasteiger partial charge in [-0.05, 0) is 46.3 Å². The molecule has 2 aromatic heterocycles. The number of rotatable bonds is 0. The molecule has 4 aromatic rings. The van der Waals surface area contributed by atoms with Crippen LogP contribution >= 0.6 is 27.5 Å². The van der Waals surface area contributed by atoms with Gasteiger partial charge in [0.2, 0.25) is 0 Å². The highest BCUT2D eigenvalue weighted by Gasteiger charge is 2.18. The summed E-state index contributed by atoms with van der Waals surface area (Å²) in [5.74, 6) is 0. The molecule has 2 aromatic carbocycles. The number of para-hydroxylation sites is 1. The molecule has 0 saturated heterocycles. The van der Waals surface area contributed by atoms with E-state index in [1.807, 2.05) is 6.07 Å². The van der Waals surface area contributed by atoms with E-state index in [-0.39, 0.29) is 11.1 Å². The van der Waals surface area contributed by atoms with Crippen molar-refractivity contribution in [3.63, 3.8) is 0 Å². The summed E-state index contributed by atoms with van der Waals surface area (Å²) in [5.41, 5.74) is 0.680. The van der Waals surface area contributed by atoms with E-state index in [0.717, 1.165) is 8.99 Å². The largest absolute Gasteiger partial charge is 0.282 e. The molecule has 0 saturated carbocycles. The van der Waals surface area contributed by atoms with Gasteiger partial charge in [-0.3, -0.25) is 9.59 Å². The smallest absolute Gasteiger partial charge is 0.267 e. The Balaban J connectivity index is 2.49. The van der Waals surface area contributed by atoms with Crippen LogP contribution in [0.25, 0.3) is 21.8 Å². The van der Waals surface area contributed by atoms with Crippen LogP contribution in [0, 0.1) is 0 Å². The summed E-state index contributed by atoms with van der Waals surface area (Å²) in [6.45, 7) is 0.